The number of anilines is 1. The van der Waals surface area contributed by atoms with Crippen molar-refractivity contribution in [2.75, 3.05) is 38.2 Å². The molecule has 1 aromatic rings. The molecule has 3 rings (SSSR count). The number of morpholine rings is 1. The minimum Gasteiger partial charge on any atom is -0.378 e. The van der Waals surface area contributed by atoms with E-state index >= 15 is 0 Å². The Balaban J connectivity index is 1.74. The Morgan fingerprint density at radius 1 is 1.22 bits per heavy atom. The fourth-order valence-electron chi connectivity index (χ4n) is 2.94. The van der Waals surface area contributed by atoms with Crippen LogP contribution in [0, 0.1) is 6.92 Å². The summed E-state index contributed by atoms with van der Waals surface area (Å²) in [5.41, 5.74) is 2.08. The van der Waals surface area contributed by atoms with E-state index in [1.165, 1.54) is 0 Å². The predicted octanol–water partition coefficient (Wildman–Crippen LogP) is 1.58. The first kappa shape index (κ1) is 16.0. The van der Waals surface area contributed by atoms with Crippen molar-refractivity contribution < 1.29 is 19.1 Å². The number of hydrogen-bond acceptors (Lipinski definition) is 4. The number of carbonyl (C=O) groups is 2. The SMILES string of the molecule is Cc1c(NC(=O)C2CCCO2)cccc1C(=O)N1CCOCC1. The van der Waals surface area contributed by atoms with Crippen molar-refractivity contribution in [3.63, 3.8) is 0 Å². The van der Waals surface area contributed by atoms with E-state index in [0.717, 1.165) is 18.4 Å². The van der Waals surface area contributed by atoms with Crippen molar-refractivity contribution in [1.29, 1.82) is 0 Å². The minimum absolute atomic E-state index is 0.0148. The zero-order chi connectivity index (χ0) is 16.2. The second-order valence-corrected chi connectivity index (χ2v) is 5.87. The normalized spacial score (nSPS) is 21.3. The Morgan fingerprint density at radius 3 is 2.70 bits per heavy atom. The van der Waals surface area contributed by atoms with E-state index < -0.39 is 0 Å². The third-order valence-corrected chi connectivity index (χ3v) is 4.34. The first-order valence-electron chi connectivity index (χ1n) is 8.06. The van der Waals surface area contributed by atoms with Crippen LogP contribution in [0.3, 0.4) is 0 Å². The van der Waals surface area contributed by atoms with Crippen LogP contribution in [0.5, 0.6) is 0 Å². The third-order valence-electron chi connectivity index (χ3n) is 4.34. The Labute approximate surface area is 135 Å². The molecule has 2 heterocycles. The maximum Gasteiger partial charge on any atom is 0.254 e. The number of nitrogens with one attached hydrogen (secondary N) is 1. The molecule has 23 heavy (non-hydrogen) atoms. The lowest BCUT2D eigenvalue weighted by atomic mass is 10.0. The molecule has 0 spiro atoms. The molecular weight excluding hydrogens is 296 g/mol. The second-order valence-electron chi connectivity index (χ2n) is 5.87. The fourth-order valence-corrected chi connectivity index (χ4v) is 2.94. The molecule has 2 amide bonds. The first-order valence-corrected chi connectivity index (χ1v) is 8.06. The van der Waals surface area contributed by atoms with E-state index in [1.807, 2.05) is 13.0 Å². The van der Waals surface area contributed by atoms with Crippen molar-refractivity contribution in [3.05, 3.63) is 29.3 Å². The highest BCUT2D eigenvalue weighted by molar-refractivity contribution is 6.00. The Kier molecular flexibility index (Phi) is 4.93. The van der Waals surface area contributed by atoms with Crippen molar-refractivity contribution in [2.24, 2.45) is 0 Å². The lowest BCUT2D eigenvalue weighted by molar-refractivity contribution is -0.124. The van der Waals surface area contributed by atoms with Gasteiger partial charge in [-0.15, -0.1) is 0 Å². The van der Waals surface area contributed by atoms with Gasteiger partial charge in [0.05, 0.1) is 13.2 Å². The molecule has 0 bridgehead atoms. The smallest absolute Gasteiger partial charge is 0.254 e. The van der Waals surface area contributed by atoms with Gasteiger partial charge in [-0.2, -0.15) is 0 Å². The molecule has 2 saturated heterocycles. The molecule has 6 heteroatoms. The zero-order valence-electron chi connectivity index (χ0n) is 13.3. The average molecular weight is 318 g/mol. The van der Waals surface area contributed by atoms with Crippen LogP contribution in [-0.4, -0.2) is 55.7 Å². The van der Waals surface area contributed by atoms with E-state index in [1.54, 1.807) is 17.0 Å². The number of benzene rings is 1. The van der Waals surface area contributed by atoms with Crippen LogP contribution in [0.25, 0.3) is 0 Å². The van der Waals surface area contributed by atoms with Gasteiger partial charge in [0.2, 0.25) is 0 Å². The van der Waals surface area contributed by atoms with Gasteiger partial charge in [-0.25, -0.2) is 0 Å². The third kappa shape index (κ3) is 3.54. The summed E-state index contributed by atoms with van der Waals surface area (Å²) in [4.78, 5) is 26.6. The standard InChI is InChI=1S/C17H22N2O4/c1-12-13(17(21)19-7-10-22-11-8-19)4-2-5-14(12)18-16(20)15-6-3-9-23-15/h2,4-5,15H,3,6-11H2,1H3,(H,18,20). The maximum atomic E-state index is 12.6. The Hall–Kier alpha value is -1.92. The number of carbonyl (C=O) groups excluding carboxylic acids is 2. The summed E-state index contributed by atoms with van der Waals surface area (Å²) in [6.45, 7) is 4.83. The van der Waals surface area contributed by atoms with Gasteiger partial charge >= 0.3 is 0 Å². The molecule has 2 aliphatic rings. The maximum absolute atomic E-state index is 12.6. The molecule has 6 nitrogen and oxygen atoms in total. The summed E-state index contributed by atoms with van der Waals surface area (Å²) in [7, 11) is 0. The van der Waals surface area contributed by atoms with Gasteiger partial charge < -0.3 is 19.7 Å². The fraction of sp³-hybridized carbons (Fsp3) is 0.529. The number of amides is 2. The van der Waals surface area contributed by atoms with Gasteiger partial charge in [-0.3, -0.25) is 9.59 Å². The molecule has 1 aromatic carbocycles. The first-order chi connectivity index (χ1) is 11.2. The highest BCUT2D eigenvalue weighted by Gasteiger charge is 2.25. The van der Waals surface area contributed by atoms with E-state index in [9.17, 15) is 9.59 Å². The molecule has 0 saturated carbocycles. The van der Waals surface area contributed by atoms with Crippen molar-refractivity contribution in [2.45, 2.75) is 25.9 Å². The van der Waals surface area contributed by atoms with Crippen LogP contribution >= 0.6 is 0 Å². The highest BCUT2D eigenvalue weighted by atomic mass is 16.5. The molecule has 1 atom stereocenters. The van der Waals surface area contributed by atoms with Crippen LogP contribution in [0.15, 0.2) is 18.2 Å². The van der Waals surface area contributed by atoms with E-state index in [0.29, 0.717) is 44.2 Å². The quantitative estimate of drug-likeness (QED) is 0.919. The molecule has 1 N–H and O–H groups in total. The van der Waals surface area contributed by atoms with Crippen LogP contribution in [0.1, 0.15) is 28.8 Å². The highest BCUT2D eigenvalue weighted by Crippen LogP contribution is 2.22. The Bertz CT molecular complexity index is 590. The number of rotatable bonds is 3. The van der Waals surface area contributed by atoms with Crippen molar-refractivity contribution in [3.8, 4) is 0 Å². The van der Waals surface area contributed by atoms with Crippen LogP contribution in [0.4, 0.5) is 5.69 Å². The zero-order valence-corrected chi connectivity index (χ0v) is 13.3. The van der Waals surface area contributed by atoms with Crippen molar-refractivity contribution >= 4 is 17.5 Å². The molecule has 2 fully saturated rings. The molecule has 124 valence electrons. The van der Waals surface area contributed by atoms with Gasteiger partial charge in [0, 0.05) is 30.9 Å². The lowest BCUT2D eigenvalue weighted by Crippen LogP contribution is -2.41. The molecule has 2 aliphatic heterocycles. The number of nitrogens with zero attached hydrogens (tertiary/aromatic N) is 1. The summed E-state index contributed by atoms with van der Waals surface area (Å²) in [6.07, 6.45) is 1.28. The average Bonchev–Trinajstić information content (AvgIpc) is 3.11. The van der Waals surface area contributed by atoms with E-state index in [2.05, 4.69) is 5.32 Å². The van der Waals surface area contributed by atoms with E-state index in [-0.39, 0.29) is 17.9 Å². The number of ether oxygens (including phenoxy) is 2. The minimum atomic E-state index is -0.381. The summed E-state index contributed by atoms with van der Waals surface area (Å²) in [6, 6.07) is 5.42. The summed E-state index contributed by atoms with van der Waals surface area (Å²) < 4.78 is 10.7. The number of hydrogen-bond donors (Lipinski definition) is 1. The van der Waals surface area contributed by atoms with Crippen molar-refractivity contribution in [1.82, 2.24) is 4.90 Å². The second kappa shape index (κ2) is 7.10. The van der Waals surface area contributed by atoms with Gasteiger partial charge in [0.15, 0.2) is 0 Å². The largest absolute Gasteiger partial charge is 0.378 e. The van der Waals surface area contributed by atoms with Gasteiger partial charge in [-0.05, 0) is 37.5 Å². The van der Waals surface area contributed by atoms with E-state index in [4.69, 9.17) is 9.47 Å². The van der Waals surface area contributed by atoms with Gasteiger partial charge in [0.1, 0.15) is 6.10 Å². The molecule has 0 aromatic heterocycles. The molecule has 1 unspecified atom stereocenters. The summed E-state index contributed by atoms with van der Waals surface area (Å²) in [5, 5.41) is 2.89. The molecule has 0 aliphatic carbocycles. The lowest BCUT2D eigenvalue weighted by Gasteiger charge is -2.27. The van der Waals surface area contributed by atoms with Crippen LogP contribution in [0.2, 0.25) is 0 Å². The van der Waals surface area contributed by atoms with Crippen LogP contribution in [-0.2, 0) is 14.3 Å². The summed E-state index contributed by atoms with van der Waals surface area (Å²) >= 11 is 0. The summed E-state index contributed by atoms with van der Waals surface area (Å²) in [5.74, 6) is -0.152. The van der Waals surface area contributed by atoms with Gasteiger partial charge in [0.25, 0.3) is 11.8 Å². The Morgan fingerprint density at radius 2 is 2.00 bits per heavy atom. The predicted molar refractivity (Wildman–Crippen MR) is 85.5 cm³/mol. The molecule has 0 radical (unpaired) electrons. The van der Waals surface area contributed by atoms with Gasteiger partial charge in [-0.1, -0.05) is 6.07 Å². The monoisotopic (exact) mass is 318 g/mol. The molecular formula is C17H22N2O4. The van der Waals surface area contributed by atoms with Crippen LogP contribution < -0.4 is 5.32 Å². The topological polar surface area (TPSA) is 67.9 Å².